The van der Waals surface area contributed by atoms with Gasteiger partial charge in [0.15, 0.2) is 6.29 Å². The molecule has 1 heterocycles. The maximum absolute atomic E-state index is 11.0. The molecule has 1 aliphatic rings. The quantitative estimate of drug-likeness (QED) is 0.668. The van der Waals surface area contributed by atoms with Gasteiger partial charge in [0.05, 0.1) is 6.10 Å². The highest BCUT2D eigenvalue weighted by Gasteiger charge is 2.20. The van der Waals surface area contributed by atoms with E-state index in [1.165, 1.54) is 0 Å². The summed E-state index contributed by atoms with van der Waals surface area (Å²) in [5.41, 5.74) is 0. The molecular weight excluding hydrogens is 168 g/mol. The van der Waals surface area contributed by atoms with Gasteiger partial charge in [-0.05, 0) is 25.7 Å². The Morgan fingerprint density at radius 3 is 2.77 bits per heavy atom. The van der Waals surface area contributed by atoms with Crippen LogP contribution in [0.1, 0.15) is 44.9 Å². The second-order valence-electron chi connectivity index (χ2n) is 3.69. The number of hydrogen-bond acceptors (Lipinski definition) is 2. The predicted octanol–water partition coefficient (Wildman–Crippen LogP) is 1.86. The van der Waals surface area contributed by atoms with Crippen LogP contribution in [-0.4, -0.2) is 24.1 Å². The zero-order valence-corrected chi connectivity index (χ0v) is 8.08. The predicted molar refractivity (Wildman–Crippen MR) is 48.8 cm³/mol. The van der Waals surface area contributed by atoms with E-state index in [9.17, 15) is 5.11 Å². The Hall–Kier alpha value is -0.120. The van der Waals surface area contributed by atoms with Crippen LogP contribution in [0.15, 0.2) is 0 Å². The van der Waals surface area contributed by atoms with Gasteiger partial charge in [-0.25, -0.2) is 5.11 Å². The summed E-state index contributed by atoms with van der Waals surface area (Å²) in [7, 11) is 0. The third-order valence-electron chi connectivity index (χ3n) is 2.49. The lowest BCUT2D eigenvalue weighted by atomic mass is 10.0. The monoisotopic (exact) mass is 187 g/mol. The third kappa shape index (κ3) is 4.60. The first-order chi connectivity index (χ1) is 6.33. The van der Waals surface area contributed by atoms with E-state index < -0.39 is 6.29 Å². The number of hydrogen-bond donors (Lipinski definition) is 1. The molecule has 3 nitrogen and oxygen atoms in total. The Balaban J connectivity index is 2.00. The van der Waals surface area contributed by atoms with Crippen LogP contribution in [0.5, 0.6) is 0 Å². The largest absolute Gasteiger partial charge is 0.396 e. The summed E-state index contributed by atoms with van der Waals surface area (Å²) in [5, 5.41) is 19.5. The first kappa shape index (κ1) is 11.0. The van der Waals surface area contributed by atoms with Crippen molar-refractivity contribution < 1.29 is 14.9 Å². The van der Waals surface area contributed by atoms with Crippen LogP contribution in [0.3, 0.4) is 0 Å². The van der Waals surface area contributed by atoms with E-state index in [2.05, 4.69) is 0 Å². The summed E-state index contributed by atoms with van der Waals surface area (Å²) in [5.74, 6) is 0. The molecular formula is C10H19O3. The van der Waals surface area contributed by atoms with Crippen LogP contribution in [0, 0.1) is 0 Å². The van der Waals surface area contributed by atoms with E-state index in [4.69, 9.17) is 9.84 Å². The van der Waals surface area contributed by atoms with Crippen molar-refractivity contribution in [2.24, 2.45) is 0 Å². The van der Waals surface area contributed by atoms with Crippen molar-refractivity contribution in [3.8, 4) is 0 Å². The zero-order chi connectivity index (χ0) is 9.52. The molecule has 77 valence electrons. The van der Waals surface area contributed by atoms with Crippen molar-refractivity contribution in [1.82, 2.24) is 0 Å². The molecule has 13 heavy (non-hydrogen) atoms. The number of ether oxygens (including phenoxy) is 1. The van der Waals surface area contributed by atoms with Gasteiger partial charge in [0, 0.05) is 13.0 Å². The summed E-state index contributed by atoms with van der Waals surface area (Å²) in [4.78, 5) is 0. The van der Waals surface area contributed by atoms with Gasteiger partial charge in [-0.15, -0.1) is 0 Å². The second-order valence-corrected chi connectivity index (χ2v) is 3.69. The molecule has 1 rings (SSSR count). The molecule has 0 aromatic rings. The number of rotatable bonds is 5. The van der Waals surface area contributed by atoms with Gasteiger partial charge >= 0.3 is 0 Å². The molecule has 2 unspecified atom stereocenters. The zero-order valence-electron chi connectivity index (χ0n) is 8.08. The Morgan fingerprint density at radius 1 is 1.23 bits per heavy atom. The molecule has 2 atom stereocenters. The van der Waals surface area contributed by atoms with E-state index in [0.717, 1.165) is 38.5 Å². The molecule has 1 fully saturated rings. The SMILES string of the molecule is [O]C1CCCC(CCCCCO)O1. The van der Waals surface area contributed by atoms with Gasteiger partial charge in [-0.1, -0.05) is 12.8 Å². The standard InChI is InChI=1S/C10H19O3/c11-8-3-1-2-5-9-6-4-7-10(12)13-9/h9-11H,1-8H2. The molecule has 1 aliphatic heterocycles. The van der Waals surface area contributed by atoms with Crippen molar-refractivity contribution in [3.05, 3.63) is 0 Å². The van der Waals surface area contributed by atoms with Gasteiger partial charge < -0.3 is 9.84 Å². The average Bonchev–Trinajstić information content (AvgIpc) is 2.13. The topological polar surface area (TPSA) is 49.4 Å². The van der Waals surface area contributed by atoms with Gasteiger partial charge in [0.2, 0.25) is 0 Å². The fraction of sp³-hybridized carbons (Fsp3) is 1.00. The Bertz CT molecular complexity index is 127. The fourth-order valence-corrected chi connectivity index (χ4v) is 1.74. The Labute approximate surface area is 79.7 Å². The van der Waals surface area contributed by atoms with Gasteiger partial charge in [0.25, 0.3) is 0 Å². The van der Waals surface area contributed by atoms with Crippen molar-refractivity contribution >= 4 is 0 Å². The van der Waals surface area contributed by atoms with Crippen molar-refractivity contribution in [1.29, 1.82) is 0 Å². The van der Waals surface area contributed by atoms with Crippen molar-refractivity contribution in [2.45, 2.75) is 57.3 Å². The fourth-order valence-electron chi connectivity index (χ4n) is 1.74. The first-order valence-electron chi connectivity index (χ1n) is 5.25. The molecule has 1 radical (unpaired) electrons. The van der Waals surface area contributed by atoms with Crippen LogP contribution < -0.4 is 0 Å². The minimum absolute atomic E-state index is 0.190. The Morgan fingerprint density at radius 2 is 2.08 bits per heavy atom. The smallest absolute Gasteiger partial charge is 0.191 e. The molecule has 1 saturated heterocycles. The lowest BCUT2D eigenvalue weighted by Gasteiger charge is -2.25. The molecule has 0 saturated carbocycles. The lowest BCUT2D eigenvalue weighted by molar-refractivity contribution is -0.195. The van der Waals surface area contributed by atoms with Crippen LogP contribution in [-0.2, 0) is 9.84 Å². The molecule has 0 aromatic carbocycles. The van der Waals surface area contributed by atoms with Crippen molar-refractivity contribution in [2.75, 3.05) is 6.61 Å². The minimum Gasteiger partial charge on any atom is -0.396 e. The van der Waals surface area contributed by atoms with E-state index in [0.29, 0.717) is 6.42 Å². The van der Waals surface area contributed by atoms with Gasteiger partial charge in [-0.3, -0.25) is 0 Å². The highest BCUT2D eigenvalue weighted by Crippen LogP contribution is 2.21. The summed E-state index contributed by atoms with van der Waals surface area (Å²) in [6, 6.07) is 0. The average molecular weight is 187 g/mol. The normalized spacial score (nSPS) is 29.1. The highest BCUT2D eigenvalue weighted by atomic mass is 16.6. The number of aliphatic hydroxyl groups is 1. The second kappa shape index (κ2) is 6.35. The summed E-state index contributed by atoms with van der Waals surface area (Å²) in [6.07, 6.45) is 6.10. The molecule has 0 spiro atoms. The highest BCUT2D eigenvalue weighted by molar-refractivity contribution is 4.65. The molecule has 0 aromatic heterocycles. The summed E-state index contributed by atoms with van der Waals surface area (Å²) >= 11 is 0. The lowest BCUT2D eigenvalue weighted by Crippen LogP contribution is -2.26. The molecule has 0 bridgehead atoms. The molecule has 3 heteroatoms. The number of aliphatic hydroxyl groups excluding tert-OH is 1. The van der Waals surface area contributed by atoms with Crippen LogP contribution in [0.2, 0.25) is 0 Å². The van der Waals surface area contributed by atoms with E-state index >= 15 is 0 Å². The molecule has 1 N–H and O–H groups in total. The van der Waals surface area contributed by atoms with Gasteiger partial charge in [-0.2, -0.15) is 0 Å². The third-order valence-corrected chi connectivity index (χ3v) is 2.49. The van der Waals surface area contributed by atoms with Crippen LogP contribution >= 0.6 is 0 Å². The first-order valence-corrected chi connectivity index (χ1v) is 5.25. The van der Waals surface area contributed by atoms with E-state index in [1.807, 2.05) is 0 Å². The van der Waals surface area contributed by atoms with E-state index in [1.54, 1.807) is 0 Å². The van der Waals surface area contributed by atoms with Crippen molar-refractivity contribution in [3.63, 3.8) is 0 Å². The Kier molecular flexibility index (Phi) is 5.35. The minimum atomic E-state index is -0.781. The van der Waals surface area contributed by atoms with Crippen LogP contribution in [0.25, 0.3) is 0 Å². The summed E-state index contributed by atoms with van der Waals surface area (Å²) < 4.78 is 5.25. The maximum Gasteiger partial charge on any atom is 0.191 e. The maximum atomic E-state index is 11.0. The summed E-state index contributed by atoms with van der Waals surface area (Å²) in [6.45, 7) is 0.274. The van der Waals surface area contributed by atoms with Crippen LogP contribution in [0.4, 0.5) is 0 Å². The molecule has 0 aliphatic carbocycles. The molecule has 0 amide bonds. The van der Waals surface area contributed by atoms with Gasteiger partial charge in [0.1, 0.15) is 0 Å². The van der Waals surface area contributed by atoms with E-state index in [-0.39, 0.29) is 12.7 Å². The number of unbranched alkanes of at least 4 members (excludes halogenated alkanes) is 2.